The largest absolute Gasteiger partial charge is 0.481 e. The van der Waals surface area contributed by atoms with E-state index in [4.69, 9.17) is 9.47 Å². The number of methoxy groups -OCH3 is 1. The van der Waals surface area contributed by atoms with Crippen LogP contribution < -0.4 is 14.8 Å². The van der Waals surface area contributed by atoms with Crippen molar-refractivity contribution in [2.45, 2.75) is 6.92 Å². The number of nitrogens with one attached hydrogen (secondary N) is 2. The molecule has 0 fully saturated rings. The Morgan fingerprint density at radius 2 is 2.07 bits per heavy atom. The van der Waals surface area contributed by atoms with Gasteiger partial charge in [-0.3, -0.25) is 0 Å². The first-order valence-corrected chi connectivity index (χ1v) is 8.58. The average Bonchev–Trinajstić information content (AvgIpc) is 3.14. The first kappa shape index (κ1) is 17.7. The monoisotopic (exact) mass is 380 g/mol. The molecule has 8 nitrogen and oxygen atoms in total. The zero-order chi connectivity index (χ0) is 19.5. The predicted octanol–water partition coefficient (Wildman–Crippen LogP) is 3.70. The maximum atomic E-state index is 14.2. The molecule has 4 heterocycles. The number of aromatic nitrogens is 5. The number of halogens is 1. The number of hydrogen-bond acceptors (Lipinski definition) is 7. The number of rotatable bonds is 6. The van der Waals surface area contributed by atoms with Crippen LogP contribution in [0.4, 0.5) is 15.9 Å². The van der Waals surface area contributed by atoms with E-state index in [1.54, 1.807) is 30.6 Å². The summed E-state index contributed by atoms with van der Waals surface area (Å²) in [4.78, 5) is 19.5. The summed E-state index contributed by atoms with van der Waals surface area (Å²) in [5, 5.41) is 3.73. The lowest BCUT2D eigenvalue weighted by molar-refractivity contribution is 0.331. The van der Waals surface area contributed by atoms with Gasteiger partial charge in [0.2, 0.25) is 17.7 Å². The van der Waals surface area contributed by atoms with Crippen LogP contribution in [0.15, 0.2) is 43.0 Å². The topological polar surface area (TPSA) is 97.8 Å². The highest BCUT2D eigenvalue weighted by Crippen LogP contribution is 2.34. The molecule has 28 heavy (non-hydrogen) atoms. The number of anilines is 2. The second-order valence-corrected chi connectivity index (χ2v) is 5.82. The summed E-state index contributed by atoms with van der Waals surface area (Å²) in [7, 11) is 1.54. The summed E-state index contributed by atoms with van der Waals surface area (Å²) < 4.78 is 24.9. The van der Waals surface area contributed by atoms with Crippen molar-refractivity contribution in [3.05, 3.63) is 48.9 Å². The molecule has 0 amide bonds. The van der Waals surface area contributed by atoms with Gasteiger partial charge in [-0.2, -0.15) is 4.39 Å². The number of ether oxygens (including phenoxy) is 2. The molecular weight excluding hydrogens is 363 g/mol. The molecule has 2 N–H and O–H groups in total. The normalized spacial score (nSPS) is 10.8. The van der Waals surface area contributed by atoms with E-state index in [1.165, 1.54) is 19.5 Å². The highest BCUT2D eigenvalue weighted by Gasteiger charge is 2.15. The fourth-order valence-electron chi connectivity index (χ4n) is 2.85. The molecule has 0 aliphatic rings. The van der Waals surface area contributed by atoms with Crippen LogP contribution in [-0.2, 0) is 0 Å². The number of H-pyrrole nitrogens is 1. The first-order chi connectivity index (χ1) is 13.7. The quantitative estimate of drug-likeness (QED) is 0.492. The Bertz CT molecular complexity index is 1110. The molecule has 0 unspecified atom stereocenters. The summed E-state index contributed by atoms with van der Waals surface area (Å²) in [5.41, 5.74) is 2.59. The maximum absolute atomic E-state index is 14.2. The van der Waals surface area contributed by atoms with Crippen LogP contribution in [-0.4, -0.2) is 38.6 Å². The molecule has 9 heteroatoms. The summed E-state index contributed by atoms with van der Waals surface area (Å²) in [6, 6.07) is 6.56. The van der Waals surface area contributed by atoms with Gasteiger partial charge in [-0.05, 0) is 24.6 Å². The van der Waals surface area contributed by atoms with Crippen molar-refractivity contribution in [3.63, 3.8) is 0 Å². The van der Waals surface area contributed by atoms with Crippen molar-refractivity contribution < 1.29 is 13.9 Å². The molecule has 142 valence electrons. The van der Waals surface area contributed by atoms with Gasteiger partial charge < -0.3 is 19.8 Å². The second-order valence-electron chi connectivity index (χ2n) is 5.82. The van der Waals surface area contributed by atoms with Gasteiger partial charge in [0.25, 0.3) is 0 Å². The molecular formula is C19H17FN6O2. The molecule has 0 bridgehead atoms. The van der Waals surface area contributed by atoms with Gasteiger partial charge in [0.05, 0.1) is 31.0 Å². The second kappa shape index (κ2) is 7.47. The highest BCUT2D eigenvalue weighted by molar-refractivity contribution is 5.97. The van der Waals surface area contributed by atoms with Crippen molar-refractivity contribution in [1.82, 2.24) is 24.9 Å². The van der Waals surface area contributed by atoms with E-state index in [9.17, 15) is 4.39 Å². The minimum absolute atomic E-state index is 0.339. The van der Waals surface area contributed by atoms with Gasteiger partial charge >= 0.3 is 0 Å². The summed E-state index contributed by atoms with van der Waals surface area (Å²) in [5.74, 6) is 0.646. The third-order valence-corrected chi connectivity index (χ3v) is 4.04. The lowest BCUT2D eigenvalue weighted by atomic mass is 10.1. The summed E-state index contributed by atoms with van der Waals surface area (Å²) in [6.45, 7) is 2.33. The minimum Gasteiger partial charge on any atom is -0.481 e. The SMILES string of the molecule is CCOc1ncnc2[nH]cc(-c3cc(F)nc(Nc4ccc(OC)nc4)c3)c12. The molecule has 0 saturated carbocycles. The number of hydrogen-bond donors (Lipinski definition) is 2. The Morgan fingerprint density at radius 1 is 1.18 bits per heavy atom. The van der Waals surface area contributed by atoms with Gasteiger partial charge in [0, 0.05) is 23.9 Å². The summed E-state index contributed by atoms with van der Waals surface area (Å²) in [6.07, 6.45) is 4.75. The molecule has 0 spiro atoms. The Hall–Kier alpha value is -3.75. The molecule has 0 aromatic carbocycles. The molecule has 4 aromatic rings. The van der Waals surface area contributed by atoms with Gasteiger partial charge in [-0.1, -0.05) is 0 Å². The van der Waals surface area contributed by atoms with Crippen molar-refractivity contribution in [3.8, 4) is 22.9 Å². The van der Waals surface area contributed by atoms with Gasteiger partial charge in [-0.15, -0.1) is 0 Å². The lowest BCUT2D eigenvalue weighted by Gasteiger charge is -2.09. The van der Waals surface area contributed by atoms with Gasteiger partial charge in [-0.25, -0.2) is 19.9 Å². The maximum Gasteiger partial charge on any atom is 0.226 e. The number of pyridine rings is 2. The molecule has 0 saturated heterocycles. The molecule has 4 aromatic heterocycles. The smallest absolute Gasteiger partial charge is 0.226 e. The molecule has 0 aliphatic heterocycles. The first-order valence-electron chi connectivity index (χ1n) is 8.58. The fourth-order valence-corrected chi connectivity index (χ4v) is 2.85. The van der Waals surface area contributed by atoms with Crippen LogP contribution in [0.1, 0.15) is 6.92 Å². The molecule has 0 radical (unpaired) electrons. The zero-order valence-corrected chi connectivity index (χ0v) is 15.2. The van der Waals surface area contributed by atoms with Crippen LogP contribution in [0.5, 0.6) is 11.8 Å². The Kier molecular flexibility index (Phi) is 4.71. The Labute approximate surface area is 159 Å². The van der Waals surface area contributed by atoms with E-state index >= 15 is 0 Å². The van der Waals surface area contributed by atoms with Crippen LogP contribution >= 0.6 is 0 Å². The minimum atomic E-state index is -0.620. The third-order valence-electron chi connectivity index (χ3n) is 4.04. The van der Waals surface area contributed by atoms with E-state index in [1.807, 2.05) is 6.92 Å². The van der Waals surface area contributed by atoms with E-state index in [0.717, 1.165) is 5.56 Å². The predicted molar refractivity (Wildman–Crippen MR) is 102 cm³/mol. The lowest BCUT2D eigenvalue weighted by Crippen LogP contribution is -1.98. The van der Waals surface area contributed by atoms with Crippen molar-refractivity contribution in [1.29, 1.82) is 0 Å². The molecule has 4 rings (SSSR count). The number of nitrogens with zero attached hydrogens (tertiary/aromatic N) is 4. The van der Waals surface area contributed by atoms with Crippen molar-refractivity contribution in [2.24, 2.45) is 0 Å². The van der Waals surface area contributed by atoms with Crippen LogP contribution in [0, 0.1) is 5.95 Å². The van der Waals surface area contributed by atoms with Crippen LogP contribution in [0.2, 0.25) is 0 Å². The third kappa shape index (κ3) is 3.41. The zero-order valence-electron chi connectivity index (χ0n) is 15.2. The summed E-state index contributed by atoms with van der Waals surface area (Å²) >= 11 is 0. The van der Waals surface area contributed by atoms with E-state index in [2.05, 4.69) is 30.2 Å². The van der Waals surface area contributed by atoms with Crippen LogP contribution in [0.25, 0.3) is 22.2 Å². The van der Waals surface area contributed by atoms with Gasteiger partial charge in [0.15, 0.2) is 0 Å². The van der Waals surface area contributed by atoms with Crippen molar-refractivity contribution in [2.75, 3.05) is 19.0 Å². The van der Waals surface area contributed by atoms with E-state index in [-0.39, 0.29) is 0 Å². The Morgan fingerprint density at radius 3 is 2.82 bits per heavy atom. The Balaban J connectivity index is 1.74. The fraction of sp³-hybridized carbons (Fsp3) is 0.158. The van der Waals surface area contributed by atoms with E-state index < -0.39 is 5.95 Å². The molecule has 0 atom stereocenters. The average molecular weight is 380 g/mol. The number of fused-ring (bicyclic) bond motifs is 1. The standard InChI is InChI=1S/C19H17FN6O2/c1-3-28-19-17-13(9-22-18(17)23-10-24-19)11-6-14(20)26-15(7-11)25-12-4-5-16(27-2)21-8-12/h4-10H,3H2,1-2H3,(H,25,26)(H,22,23,24). The van der Waals surface area contributed by atoms with Crippen LogP contribution in [0.3, 0.4) is 0 Å². The van der Waals surface area contributed by atoms with Crippen molar-refractivity contribution >= 4 is 22.5 Å². The number of aromatic amines is 1. The van der Waals surface area contributed by atoms with Gasteiger partial charge in [0.1, 0.15) is 17.8 Å². The highest BCUT2D eigenvalue weighted by atomic mass is 19.1. The van der Waals surface area contributed by atoms with E-state index in [0.29, 0.717) is 46.5 Å². The molecule has 0 aliphatic carbocycles.